The van der Waals surface area contributed by atoms with Gasteiger partial charge in [0.15, 0.2) is 5.82 Å². The summed E-state index contributed by atoms with van der Waals surface area (Å²) in [7, 11) is 1.78. The van der Waals surface area contributed by atoms with E-state index in [0.29, 0.717) is 16.8 Å². The zero-order valence-corrected chi connectivity index (χ0v) is 11.8. The molecule has 0 radical (unpaired) electrons. The molecule has 4 nitrogen and oxygen atoms in total. The Morgan fingerprint density at radius 3 is 2.94 bits per heavy atom. The van der Waals surface area contributed by atoms with Gasteiger partial charge in [-0.1, -0.05) is 24.6 Å². The number of hydrogen-bond donors (Lipinski definition) is 2. The van der Waals surface area contributed by atoms with Gasteiger partial charge in [0.1, 0.15) is 5.02 Å². The summed E-state index contributed by atoms with van der Waals surface area (Å²) in [6.07, 6.45) is 2.57. The van der Waals surface area contributed by atoms with Gasteiger partial charge in [0.2, 0.25) is 5.95 Å². The zero-order chi connectivity index (χ0) is 13.0. The average Bonchev–Trinajstić information content (AvgIpc) is 2.91. The number of hydrogen-bond acceptors (Lipinski definition) is 5. The molecule has 2 N–H and O–H groups in total. The Labute approximate surface area is 115 Å². The Bertz CT molecular complexity index is 501. The summed E-state index contributed by atoms with van der Waals surface area (Å²) in [4.78, 5) is 9.67. The van der Waals surface area contributed by atoms with Crippen molar-refractivity contribution in [2.75, 3.05) is 17.7 Å². The number of aromatic nitrogens is 2. The maximum Gasteiger partial charge on any atom is 0.224 e. The third kappa shape index (κ3) is 2.91. The minimum Gasteiger partial charge on any atom is -0.361 e. The van der Waals surface area contributed by atoms with Gasteiger partial charge in [0.05, 0.1) is 12.2 Å². The molecule has 2 rings (SSSR count). The summed E-state index contributed by atoms with van der Waals surface area (Å²) in [5, 5.41) is 8.86. The van der Waals surface area contributed by atoms with Gasteiger partial charge < -0.3 is 10.6 Å². The van der Waals surface area contributed by atoms with Crippen LogP contribution in [-0.2, 0) is 0 Å². The Morgan fingerprint density at radius 2 is 2.33 bits per heavy atom. The highest BCUT2D eigenvalue weighted by Crippen LogP contribution is 2.28. The first-order valence-corrected chi connectivity index (χ1v) is 7.00. The maximum atomic E-state index is 6.10. The van der Waals surface area contributed by atoms with E-state index in [2.05, 4.69) is 39.0 Å². The molecule has 0 aliphatic heterocycles. The van der Waals surface area contributed by atoms with Crippen LogP contribution >= 0.6 is 22.9 Å². The Morgan fingerprint density at radius 1 is 1.50 bits per heavy atom. The lowest BCUT2D eigenvalue weighted by Crippen LogP contribution is -2.11. The lowest BCUT2D eigenvalue weighted by molar-refractivity contribution is 0.758. The SMILES string of the molecule is CCC(Nc1nc(NC)ncc1Cl)c1cccs1. The summed E-state index contributed by atoms with van der Waals surface area (Å²) < 4.78 is 0. The lowest BCUT2D eigenvalue weighted by Gasteiger charge is -2.17. The van der Waals surface area contributed by atoms with Gasteiger partial charge in [-0.2, -0.15) is 4.98 Å². The first-order valence-electron chi connectivity index (χ1n) is 5.74. The number of thiophene rings is 1. The average molecular weight is 283 g/mol. The Kier molecular flexibility index (Phi) is 4.38. The van der Waals surface area contributed by atoms with E-state index in [-0.39, 0.29) is 6.04 Å². The first kappa shape index (κ1) is 13.1. The van der Waals surface area contributed by atoms with Crippen LogP contribution < -0.4 is 10.6 Å². The van der Waals surface area contributed by atoms with Gasteiger partial charge in [-0.25, -0.2) is 4.98 Å². The standard InChI is InChI=1S/C12H15ClN4S/c1-3-9(10-5-4-6-18-10)16-11-8(13)7-15-12(14-2)17-11/h4-7,9H,3H2,1-2H3,(H2,14,15,16,17). The van der Waals surface area contributed by atoms with Crippen LogP contribution in [0.2, 0.25) is 5.02 Å². The van der Waals surface area contributed by atoms with Crippen molar-refractivity contribution in [1.82, 2.24) is 9.97 Å². The van der Waals surface area contributed by atoms with Crippen molar-refractivity contribution in [3.8, 4) is 0 Å². The molecule has 1 unspecified atom stereocenters. The lowest BCUT2D eigenvalue weighted by atomic mass is 10.2. The molecule has 2 aromatic heterocycles. The van der Waals surface area contributed by atoms with Crippen LogP contribution in [0.5, 0.6) is 0 Å². The normalized spacial score (nSPS) is 12.2. The van der Waals surface area contributed by atoms with Gasteiger partial charge in [0, 0.05) is 11.9 Å². The number of rotatable bonds is 5. The molecule has 0 fully saturated rings. The third-order valence-corrected chi connectivity index (χ3v) is 3.84. The fourth-order valence-electron chi connectivity index (χ4n) is 1.62. The van der Waals surface area contributed by atoms with Gasteiger partial charge >= 0.3 is 0 Å². The summed E-state index contributed by atoms with van der Waals surface area (Å²) >= 11 is 7.83. The van der Waals surface area contributed by atoms with Crippen molar-refractivity contribution >= 4 is 34.7 Å². The molecule has 0 spiro atoms. The van der Waals surface area contributed by atoms with E-state index in [9.17, 15) is 0 Å². The summed E-state index contributed by atoms with van der Waals surface area (Å²) in [5.41, 5.74) is 0. The monoisotopic (exact) mass is 282 g/mol. The highest BCUT2D eigenvalue weighted by atomic mass is 35.5. The van der Waals surface area contributed by atoms with Crippen LogP contribution in [0, 0.1) is 0 Å². The van der Waals surface area contributed by atoms with Crippen LogP contribution in [0.3, 0.4) is 0 Å². The highest BCUT2D eigenvalue weighted by Gasteiger charge is 2.13. The molecule has 1 atom stereocenters. The fraction of sp³-hybridized carbons (Fsp3) is 0.333. The van der Waals surface area contributed by atoms with E-state index in [1.54, 1.807) is 24.6 Å². The highest BCUT2D eigenvalue weighted by molar-refractivity contribution is 7.10. The van der Waals surface area contributed by atoms with Crippen molar-refractivity contribution in [2.24, 2.45) is 0 Å². The molecular weight excluding hydrogens is 268 g/mol. The zero-order valence-electron chi connectivity index (χ0n) is 10.3. The minimum absolute atomic E-state index is 0.224. The minimum atomic E-state index is 0.224. The molecule has 6 heteroatoms. The van der Waals surface area contributed by atoms with Crippen LogP contribution in [0.15, 0.2) is 23.7 Å². The molecule has 0 amide bonds. The summed E-state index contributed by atoms with van der Waals surface area (Å²) in [6, 6.07) is 4.38. The van der Waals surface area contributed by atoms with Gasteiger partial charge in [-0.15, -0.1) is 11.3 Å². The first-order chi connectivity index (χ1) is 8.74. The maximum absolute atomic E-state index is 6.10. The molecule has 0 aromatic carbocycles. The molecule has 0 saturated heterocycles. The second-order valence-corrected chi connectivity index (χ2v) is 5.15. The number of anilines is 2. The smallest absolute Gasteiger partial charge is 0.224 e. The molecule has 0 saturated carbocycles. The van der Waals surface area contributed by atoms with Gasteiger partial charge in [0.25, 0.3) is 0 Å². The van der Waals surface area contributed by atoms with Crippen LogP contribution in [0.25, 0.3) is 0 Å². The molecule has 0 bridgehead atoms. The number of halogens is 1. The van der Waals surface area contributed by atoms with Gasteiger partial charge in [-0.05, 0) is 17.9 Å². The largest absolute Gasteiger partial charge is 0.361 e. The predicted molar refractivity (Wildman–Crippen MR) is 77.6 cm³/mol. The Hall–Kier alpha value is -1.33. The molecule has 96 valence electrons. The van der Waals surface area contributed by atoms with E-state index in [1.165, 1.54) is 4.88 Å². The Balaban J connectivity index is 2.21. The van der Waals surface area contributed by atoms with E-state index in [0.717, 1.165) is 6.42 Å². The van der Waals surface area contributed by atoms with E-state index in [4.69, 9.17) is 11.6 Å². The fourth-order valence-corrected chi connectivity index (χ4v) is 2.62. The second kappa shape index (κ2) is 6.02. The van der Waals surface area contributed by atoms with Crippen molar-refractivity contribution < 1.29 is 0 Å². The molecular formula is C12H15ClN4S. The molecule has 0 aliphatic carbocycles. The summed E-state index contributed by atoms with van der Waals surface area (Å²) in [5.74, 6) is 1.22. The van der Waals surface area contributed by atoms with Crippen molar-refractivity contribution in [1.29, 1.82) is 0 Å². The van der Waals surface area contributed by atoms with Crippen molar-refractivity contribution in [3.63, 3.8) is 0 Å². The van der Waals surface area contributed by atoms with Crippen LogP contribution in [0.1, 0.15) is 24.3 Å². The molecule has 2 aromatic rings. The predicted octanol–water partition coefficient (Wildman–Crippen LogP) is 3.80. The quantitative estimate of drug-likeness (QED) is 0.876. The van der Waals surface area contributed by atoms with E-state index in [1.807, 2.05) is 6.07 Å². The second-order valence-electron chi connectivity index (χ2n) is 3.76. The van der Waals surface area contributed by atoms with Crippen molar-refractivity contribution in [2.45, 2.75) is 19.4 Å². The van der Waals surface area contributed by atoms with Gasteiger partial charge in [-0.3, -0.25) is 0 Å². The van der Waals surface area contributed by atoms with E-state index < -0.39 is 0 Å². The number of nitrogens with one attached hydrogen (secondary N) is 2. The topological polar surface area (TPSA) is 49.8 Å². The van der Waals surface area contributed by atoms with Crippen LogP contribution in [-0.4, -0.2) is 17.0 Å². The van der Waals surface area contributed by atoms with E-state index >= 15 is 0 Å². The molecule has 0 aliphatic rings. The molecule has 2 heterocycles. The number of nitrogens with zero attached hydrogens (tertiary/aromatic N) is 2. The third-order valence-electron chi connectivity index (χ3n) is 2.57. The molecule has 18 heavy (non-hydrogen) atoms. The van der Waals surface area contributed by atoms with Crippen molar-refractivity contribution in [3.05, 3.63) is 33.6 Å². The van der Waals surface area contributed by atoms with Crippen LogP contribution in [0.4, 0.5) is 11.8 Å². The summed E-state index contributed by atoms with van der Waals surface area (Å²) in [6.45, 7) is 2.13.